The average Bonchev–Trinajstić information content (AvgIpc) is 2.92. The zero-order valence-corrected chi connectivity index (χ0v) is 23.1. The summed E-state index contributed by atoms with van der Waals surface area (Å²) >= 11 is 0. The quantitative estimate of drug-likeness (QED) is 0.295. The Bertz CT molecular complexity index is 848. The molecule has 0 saturated heterocycles. The maximum atomic E-state index is 4.18. The van der Waals surface area contributed by atoms with Crippen LogP contribution >= 0.6 is 0 Å². The van der Waals surface area contributed by atoms with E-state index < -0.39 is 0 Å². The van der Waals surface area contributed by atoms with Gasteiger partial charge in [0.15, 0.2) is 0 Å². The monoisotopic (exact) mass is 486 g/mol. The van der Waals surface area contributed by atoms with Crippen molar-refractivity contribution in [3.8, 4) is 0 Å². The van der Waals surface area contributed by atoms with E-state index in [1.165, 1.54) is 5.56 Å². The van der Waals surface area contributed by atoms with Gasteiger partial charge >= 0.3 is 0 Å². The van der Waals surface area contributed by atoms with Crippen molar-refractivity contribution in [1.29, 1.82) is 0 Å². The van der Waals surface area contributed by atoms with Gasteiger partial charge in [0.1, 0.15) is 5.82 Å². The van der Waals surface area contributed by atoms with Gasteiger partial charge in [0.2, 0.25) is 0 Å². The number of hydrogen-bond acceptors (Lipinski definition) is 6. The van der Waals surface area contributed by atoms with Gasteiger partial charge in [0.25, 0.3) is 0 Å². The van der Waals surface area contributed by atoms with E-state index in [4.69, 9.17) is 0 Å². The minimum Gasteiger partial charge on any atom is -0.264 e. The molecule has 0 amide bonds. The third-order valence-corrected chi connectivity index (χ3v) is 4.92. The van der Waals surface area contributed by atoms with Crippen molar-refractivity contribution in [1.82, 2.24) is 30.1 Å². The number of hydrogen-bond donors (Lipinski definition) is 0. The van der Waals surface area contributed by atoms with Gasteiger partial charge in [-0.05, 0) is 59.7 Å². The van der Waals surface area contributed by atoms with Crippen molar-refractivity contribution in [2.75, 3.05) is 0 Å². The van der Waals surface area contributed by atoms with Gasteiger partial charge in [-0.1, -0.05) is 67.5 Å². The van der Waals surface area contributed by atoms with Crippen molar-refractivity contribution >= 4 is 0 Å². The van der Waals surface area contributed by atoms with Crippen LogP contribution in [0.2, 0.25) is 0 Å². The molecule has 4 rings (SSSR count). The van der Waals surface area contributed by atoms with Crippen LogP contribution in [-0.4, -0.2) is 30.1 Å². The highest BCUT2D eigenvalue weighted by Gasteiger charge is 1.98. The number of nitrogens with zero attached hydrogens (tertiary/aromatic N) is 6. The summed E-state index contributed by atoms with van der Waals surface area (Å²) < 4.78 is 0. The highest BCUT2D eigenvalue weighted by molar-refractivity contribution is 5.12. The van der Waals surface area contributed by atoms with E-state index in [2.05, 4.69) is 91.6 Å². The molecule has 0 aliphatic carbocycles. The highest BCUT2D eigenvalue weighted by Crippen LogP contribution is 2.10. The Balaban J connectivity index is 0.000000240. The number of pyridine rings is 2. The molecule has 6 heteroatoms. The van der Waals surface area contributed by atoms with Gasteiger partial charge in [-0.2, -0.15) is 10.2 Å². The zero-order chi connectivity index (χ0) is 26.8. The fraction of sp³-hybridized carbons (Fsp3) is 0.400. The molecule has 0 aliphatic heterocycles. The molecule has 192 valence electrons. The smallest absolute Gasteiger partial charge is 0.130 e. The summed E-state index contributed by atoms with van der Waals surface area (Å²) in [7, 11) is 0. The third-order valence-electron chi connectivity index (χ3n) is 4.92. The maximum Gasteiger partial charge on any atom is 0.130 e. The molecule has 0 spiro atoms. The normalized spacial score (nSPS) is 10.1. The molecule has 0 bridgehead atoms. The van der Waals surface area contributed by atoms with Gasteiger partial charge in [0.05, 0.1) is 5.69 Å². The first kappa shape index (κ1) is 30.5. The van der Waals surface area contributed by atoms with E-state index >= 15 is 0 Å². The van der Waals surface area contributed by atoms with Gasteiger partial charge in [-0.15, -0.1) is 0 Å². The van der Waals surface area contributed by atoms with Crippen molar-refractivity contribution in [3.63, 3.8) is 0 Å². The van der Waals surface area contributed by atoms with Crippen LogP contribution in [-0.2, 0) is 0 Å². The lowest BCUT2D eigenvalue weighted by Gasteiger charge is -2.00. The molecule has 0 aliphatic rings. The molecule has 0 radical (unpaired) electrons. The lowest BCUT2D eigenvalue weighted by molar-refractivity contribution is 0.774. The molecule has 0 aromatic carbocycles. The standard InChI is InChI=1S/2C8H11N.2C7H10N2/c1-7(2)8-4-3-5-9-6-8;1-7(2)8-5-3-4-6-9-8;1-6(2)7-8-4-3-5-9-7;1-6(2)7-4-3-5-8-9-7/h2*3-7H,1-2H3;2*3-6H,1-2H3. The summed E-state index contributed by atoms with van der Waals surface area (Å²) in [5.74, 6) is 2.98. The Hall–Kier alpha value is -3.54. The predicted octanol–water partition coefficient (Wildman–Crippen LogP) is 7.61. The first-order valence-corrected chi connectivity index (χ1v) is 12.6. The van der Waals surface area contributed by atoms with Crippen LogP contribution in [0.3, 0.4) is 0 Å². The molecule has 0 unspecified atom stereocenters. The summed E-state index contributed by atoms with van der Waals surface area (Å²) in [4.78, 5) is 16.3. The summed E-state index contributed by atoms with van der Waals surface area (Å²) in [6, 6.07) is 15.8. The molecule has 4 aromatic rings. The second-order valence-corrected chi connectivity index (χ2v) is 9.42. The molecule has 6 nitrogen and oxygen atoms in total. The van der Waals surface area contributed by atoms with Crippen molar-refractivity contribution in [2.24, 2.45) is 0 Å². The summed E-state index contributed by atoms with van der Waals surface area (Å²) in [5, 5.41) is 7.68. The molecule has 4 heterocycles. The minimum atomic E-state index is 0.436. The minimum absolute atomic E-state index is 0.436. The SMILES string of the molecule is CC(C)c1ccccn1.CC(C)c1cccnc1.CC(C)c1cccnn1.CC(C)c1ncccn1. The second kappa shape index (κ2) is 17.8. The summed E-state index contributed by atoms with van der Waals surface area (Å²) in [6.45, 7) is 17.0. The van der Waals surface area contributed by atoms with E-state index in [-0.39, 0.29) is 0 Å². The van der Waals surface area contributed by atoms with E-state index in [0.29, 0.717) is 23.7 Å². The molecular weight excluding hydrogens is 444 g/mol. The topological polar surface area (TPSA) is 77.3 Å². The van der Waals surface area contributed by atoms with Crippen LogP contribution in [0.15, 0.2) is 85.7 Å². The molecule has 0 atom stereocenters. The summed E-state index contributed by atoms with van der Waals surface area (Å²) in [5.41, 5.74) is 3.52. The van der Waals surface area contributed by atoms with Crippen molar-refractivity contribution in [2.45, 2.75) is 79.1 Å². The van der Waals surface area contributed by atoms with Crippen LogP contribution in [0.5, 0.6) is 0 Å². The van der Waals surface area contributed by atoms with Crippen molar-refractivity contribution < 1.29 is 0 Å². The van der Waals surface area contributed by atoms with E-state index in [1.807, 2.05) is 54.9 Å². The Morgan fingerprint density at radius 3 is 1.44 bits per heavy atom. The molecule has 0 saturated carbocycles. The van der Waals surface area contributed by atoms with Crippen LogP contribution in [0.1, 0.15) is 102 Å². The van der Waals surface area contributed by atoms with Crippen LogP contribution in [0.4, 0.5) is 0 Å². The van der Waals surface area contributed by atoms with Crippen LogP contribution in [0.25, 0.3) is 0 Å². The average molecular weight is 487 g/mol. The predicted molar refractivity (Wildman–Crippen MR) is 149 cm³/mol. The first-order chi connectivity index (χ1) is 17.2. The molecule has 4 aromatic heterocycles. The zero-order valence-electron chi connectivity index (χ0n) is 23.1. The van der Waals surface area contributed by atoms with Gasteiger partial charge in [-0.25, -0.2) is 9.97 Å². The molecule has 0 N–H and O–H groups in total. The van der Waals surface area contributed by atoms with Gasteiger partial charge in [-0.3, -0.25) is 9.97 Å². The van der Waals surface area contributed by atoms with E-state index in [9.17, 15) is 0 Å². The Kier molecular flexibility index (Phi) is 15.1. The lowest BCUT2D eigenvalue weighted by Crippen LogP contribution is -1.93. The largest absolute Gasteiger partial charge is 0.264 e. The fourth-order valence-corrected chi connectivity index (χ4v) is 2.67. The highest BCUT2D eigenvalue weighted by atomic mass is 15.1. The molecular formula is C30H42N6. The Morgan fingerprint density at radius 2 is 1.11 bits per heavy atom. The summed E-state index contributed by atoms with van der Waals surface area (Å²) in [6.07, 6.45) is 10.8. The maximum absolute atomic E-state index is 4.18. The molecule has 36 heavy (non-hydrogen) atoms. The van der Waals surface area contributed by atoms with Crippen molar-refractivity contribution in [3.05, 3.63) is 108 Å². The van der Waals surface area contributed by atoms with E-state index in [0.717, 1.165) is 17.2 Å². The lowest BCUT2D eigenvalue weighted by atomic mass is 10.1. The van der Waals surface area contributed by atoms with E-state index in [1.54, 1.807) is 24.8 Å². The van der Waals surface area contributed by atoms with Gasteiger partial charge < -0.3 is 0 Å². The third kappa shape index (κ3) is 13.4. The van der Waals surface area contributed by atoms with Crippen LogP contribution < -0.4 is 0 Å². The molecule has 0 fully saturated rings. The van der Waals surface area contributed by atoms with Gasteiger partial charge in [0, 0.05) is 48.8 Å². The number of aromatic nitrogens is 6. The fourth-order valence-electron chi connectivity index (χ4n) is 2.67. The number of rotatable bonds is 4. The second-order valence-electron chi connectivity index (χ2n) is 9.42. The first-order valence-electron chi connectivity index (χ1n) is 12.6. The Morgan fingerprint density at radius 1 is 0.500 bits per heavy atom. The van der Waals surface area contributed by atoms with Crippen LogP contribution in [0, 0.1) is 0 Å². The Labute approximate surface area is 217 Å².